The van der Waals surface area contributed by atoms with Crippen LogP contribution in [0.4, 0.5) is 8.78 Å². The molecule has 146 valence electrons. The number of alkyl halides is 2. The monoisotopic (exact) mass is 461 g/mol. The van der Waals surface area contributed by atoms with Gasteiger partial charge in [0.05, 0.1) is 9.50 Å². The molecule has 1 aromatic carbocycles. The fraction of sp³-hybridized carbons (Fsp3) is 0.556. The number of benzene rings is 1. The molecule has 9 heteroatoms. The molecule has 0 unspecified atom stereocenters. The number of hydrogen-bond donors (Lipinski definition) is 0. The highest BCUT2D eigenvalue weighted by Gasteiger charge is 2.47. The first-order valence-electron chi connectivity index (χ1n) is 8.85. The number of rotatable bonds is 5. The molecule has 1 saturated heterocycles. The van der Waals surface area contributed by atoms with E-state index >= 15 is 0 Å². The topological polar surface area (TPSA) is 47.5 Å². The highest BCUT2D eigenvalue weighted by atomic mass is 79.9. The van der Waals surface area contributed by atoms with E-state index in [2.05, 4.69) is 37.8 Å². The molecule has 1 atom stereocenters. The molecule has 1 aliphatic carbocycles. The van der Waals surface area contributed by atoms with Crippen LogP contribution < -0.4 is 9.47 Å². The van der Waals surface area contributed by atoms with Crippen LogP contribution in [0.1, 0.15) is 25.7 Å². The van der Waals surface area contributed by atoms with Gasteiger partial charge < -0.3 is 14.4 Å². The predicted molar refractivity (Wildman–Crippen MR) is 102 cm³/mol. The Labute approximate surface area is 169 Å². The molecular formula is C18H19BrClF2N3O2. The minimum Gasteiger partial charge on any atom is -0.486 e. The Bertz CT molecular complexity index is 862. The Hall–Kier alpha value is -1.25. The molecule has 2 heterocycles. The summed E-state index contributed by atoms with van der Waals surface area (Å²) < 4.78 is 38.4. The zero-order valence-electron chi connectivity index (χ0n) is 14.7. The van der Waals surface area contributed by atoms with Gasteiger partial charge in [-0.25, -0.2) is 13.8 Å². The minimum absolute atomic E-state index is 0.237. The van der Waals surface area contributed by atoms with Crippen molar-refractivity contribution in [2.45, 2.75) is 43.8 Å². The van der Waals surface area contributed by atoms with Crippen molar-refractivity contribution in [3.63, 3.8) is 0 Å². The van der Waals surface area contributed by atoms with Gasteiger partial charge in [-0.3, -0.25) is 0 Å². The van der Waals surface area contributed by atoms with Gasteiger partial charge in [0.2, 0.25) is 0 Å². The molecule has 2 aliphatic rings. The van der Waals surface area contributed by atoms with E-state index in [1.165, 1.54) is 0 Å². The quantitative estimate of drug-likeness (QED) is 0.645. The van der Waals surface area contributed by atoms with E-state index in [9.17, 15) is 8.78 Å². The van der Waals surface area contributed by atoms with Crippen LogP contribution >= 0.6 is 27.5 Å². The van der Waals surface area contributed by atoms with Crippen LogP contribution in [0.2, 0.25) is 5.02 Å². The Morgan fingerprint density at radius 1 is 1.41 bits per heavy atom. The van der Waals surface area contributed by atoms with Gasteiger partial charge in [0.15, 0.2) is 5.75 Å². The molecule has 27 heavy (non-hydrogen) atoms. The highest BCUT2D eigenvalue weighted by molar-refractivity contribution is 9.10. The maximum Gasteiger partial charge on any atom is 0.317 e. The van der Waals surface area contributed by atoms with Crippen molar-refractivity contribution in [3.05, 3.63) is 21.8 Å². The van der Waals surface area contributed by atoms with E-state index in [0.29, 0.717) is 38.8 Å². The van der Waals surface area contributed by atoms with E-state index in [4.69, 9.17) is 21.1 Å². The molecule has 0 radical (unpaired) electrons. The van der Waals surface area contributed by atoms with Crippen molar-refractivity contribution in [1.82, 2.24) is 14.9 Å². The Kier molecular flexibility index (Phi) is 5.16. The number of ether oxygens (including phenoxy) is 2. The summed E-state index contributed by atoms with van der Waals surface area (Å²) in [6.07, 6.45) is 2.65. The number of likely N-dealkylation sites (tertiary alicyclic amines) is 1. The van der Waals surface area contributed by atoms with Gasteiger partial charge in [-0.1, -0.05) is 11.6 Å². The first-order chi connectivity index (χ1) is 12.8. The molecule has 0 bridgehead atoms. The van der Waals surface area contributed by atoms with Gasteiger partial charge in [0, 0.05) is 30.5 Å². The Morgan fingerprint density at radius 2 is 2.19 bits per heavy atom. The van der Waals surface area contributed by atoms with Crippen molar-refractivity contribution in [2.75, 3.05) is 20.2 Å². The van der Waals surface area contributed by atoms with E-state index < -0.39 is 12.0 Å². The SMILES string of the molecule is CN1CCC[C@H]1COc1ncc2cc(Cl)c(Br)c(OC3CC(F)(F)C3)c2n1. The average Bonchev–Trinajstić information content (AvgIpc) is 3.00. The lowest BCUT2D eigenvalue weighted by Crippen LogP contribution is -2.43. The maximum atomic E-state index is 13.2. The average molecular weight is 463 g/mol. The molecule has 1 aromatic heterocycles. The number of likely N-dealkylation sites (N-methyl/N-ethyl adjacent to an activating group) is 1. The third-order valence-corrected chi connectivity index (χ3v) is 6.43. The summed E-state index contributed by atoms with van der Waals surface area (Å²) in [5, 5.41) is 1.07. The van der Waals surface area contributed by atoms with Crippen LogP contribution in [0.5, 0.6) is 11.8 Å². The van der Waals surface area contributed by atoms with Gasteiger partial charge >= 0.3 is 6.01 Å². The molecule has 1 saturated carbocycles. The second-order valence-corrected chi connectivity index (χ2v) is 8.38. The zero-order valence-corrected chi connectivity index (χ0v) is 17.1. The van der Waals surface area contributed by atoms with Gasteiger partial charge in [-0.15, -0.1) is 0 Å². The summed E-state index contributed by atoms with van der Waals surface area (Å²) in [6, 6.07) is 2.28. The van der Waals surface area contributed by atoms with Gasteiger partial charge in [-0.2, -0.15) is 4.98 Å². The number of nitrogens with zero attached hydrogens (tertiary/aromatic N) is 3. The molecule has 5 nitrogen and oxygen atoms in total. The van der Waals surface area contributed by atoms with Gasteiger partial charge in [0.25, 0.3) is 5.92 Å². The van der Waals surface area contributed by atoms with Crippen molar-refractivity contribution in [1.29, 1.82) is 0 Å². The first-order valence-corrected chi connectivity index (χ1v) is 10.0. The second-order valence-electron chi connectivity index (χ2n) is 7.18. The Balaban J connectivity index is 1.58. The number of aromatic nitrogens is 2. The molecule has 2 aromatic rings. The van der Waals surface area contributed by atoms with Crippen LogP contribution in [-0.4, -0.2) is 53.1 Å². The van der Waals surface area contributed by atoms with Crippen LogP contribution in [0.3, 0.4) is 0 Å². The Morgan fingerprint density at radius 3 is 2.85 bits per heavy atom. The van der Waals surface area contributed by atoms with E-state index in [0.717, 1.165) is 19.4 Å². The van der Waals surface area contributed by atoms with E-state index in [1.807, 2.05) is 0 Å². The van der Waals surface area contributed by atoms with Crippen molar-refractivity contribution >= 4 is 38.4 Å². The van der Waals surface area contributed by atoms with Crippen LogP contribution in [0, 0.1) is 0 Å². The number of hydrogen-bond acceptors (Lipinski definition) is 5. The van der Waals surface area contributed by atoms with E-state index in [-0.39, 0.29) is 18.9 Å². The molecular weight excluding hydrogens is 444 g/mol. The fourth-order valence-electron chi connectivity index (χ4n) is 3.47. The smallest absolute Gasteiger partial charge is 0.317 e. The van der Waals surface area contributed by atoms with Crippen LogP contribution in [-0.2, 0) is 0 Å². The van der Waals surface area contributed by atoms with Crippen molar-refractivity contribution in [3.8, 4) is 11.8 Å². The third kappa shape index (κ3) is 3.98. The molecule has 4 rings (SSSR count). The molecule has 0 N–H and O–H groups in total. The minimum atomic E-state index is -2.66. The lowest BCUT2D eigenvalue weighted by atomic mass is 9.91. The largest absolute Gasteiger partial charge is 0.486 e. The maximum absolute atomic E-state index is 13.2. The molecule has 1 aliphatic heterocycles. The lowest BCUT2D eigenvalue weighted by molar-refractivity contribution is -0.134. The third-order valence-electron chi connectivity index (χ3n) is 5.11. The molecule has 2 fully saturated rings. The van der Waals surface area contributed by atoms with Crippen LogP contribution in [0.25, 0.3) is 10.9 Å². The fourth-order valence-corrected chi connectivity index (χ4v) is 4.07. The summed E-state index contributed by atoms with van der Waals surface area (Å²) >= 11 is 9.61. The normalized spacial score (nSPS) is 22.8. The van der Waals surface area contributed by atoms with Crippen LogP contribution in [0.15, 0.2) is 16.7 Å². The highest BCUT2D eigenvalue weighted by Crippen LogP contribution is 2.44. The predicted octanol–water partition coefficient (Wildman–Crippen LogP) is 4.70. The zero-order chi connectivity index (χ0) is 19.2. The number of halogens is 4. The summed E-state index contributed by atoms with van der Waals surface area (Å²) in [6.45, 7) is 1.56. The molecule has 0 amide bonds. The first kappa shape index (κ1) is 19.1. The van der Waals surface area contributed by atoms with E-state index in [1.54, 1.807) is 12.3 Å². The summed E-state index contributed by atoms with van der Waals surface area (Å²) in [5.41, 5.74) is 0.492. The summed E-state index contributed by atoms with van der Waals surface area (Å²) in [7, 11) is 2.07. The number of fused-ring (bicyclic) bond motifs is 1. The molecule has 0 spiro atoms. The van der Waals surface area contributed by atoms with Crippen molar-refractivity contribution < 1.29 is 18.3 Å². The second kappa shape index (κ2) is 7.29. The summed E-state index contributed by atoms with van der Waals surface area (Å²) in [4.78, 5) is 11.0. The lowest BCUT2D eigenvalue weighted by Gasteiger charge is -2.35. The van der Waals surface area contributed by atoms with Crippen molar-refractivity contribution in [2.24, 2.45) is 0 Å². The van der Waals surface area contributed by atoms with Gasteiger partial charge in [0.1, 0.15) is 18.2 Å². The standard InChI is InChI=1S/C18H19BrClF2N3O2/c1-25-4-2-3-11(25)9-26-17-23-8-10-5-13(20)14(19)16(15(10)24-17)27-12-6-18(21,22)7-12/h5,8,11-12H,2-4,6-7,9H2,1H3/t11-/m0/s1. The van der Waals surface area contributed by atoms with Gasteiger partial charge in [-0.05, 0) is 48.4 Å². The summed E-state index contributed by atoms with van der Waals surface area (Å²) in [5.74, 6) is -2.31.